The number of carbonyl (C=O) groups excluding carboxylic acids is 1. The van der Waals surface area contributed by atoms with E-state index in [1.54, 1.807) is 15.9 Å². The largest absolute Gasteiger partial charge is 0.351 e. The van der Waals surface area contributed by atoms with Gasteiger partial charge in [0.2, 0.25) is 0 Å². The average Bonchev–Trinajstić information content (AvgIpc) is 2.73. The summed E-state index contributed by atoms with van der Waals surface area (Å²) in [6.45, 7) is 2.12. The van der Waals surface area contributed by atoms with Crippen molar-refractivity contribution in [3.63, 3.8) is 0 Å². The number of nitrogens with one attached hydrogen (secondary N) is 1. The second-order valence-corrected chi connectivity index (χ2v) is 4.31. The molecule has 1 aromatic rings. The van der Waals surface area contributed by atoms with Crippen molar-refractivity contribution in [2.24, 2.45) is 12.8 Å². The molecule has 0 bridgehead atoms. The van der Waals surface area contributed by atoms with E-state index in [2.05, 4.69) is 15.4 Å². The zero-order valence-corrected chi connectivity index (χ0v) is 9.96. The summed E-state index contributed by atoms with van der Waals surface area (Å²) >= 11 is 0. The monoisotopic (exact) mass is 238 g/mol. The number of hydrogen-bond donors (Lipinski definition) is 2. The minimum Gasteiger partial charge on any atom is -0.351 e. The molecule has 94 valence electrons. The van der Waals surface area contributed by atoms with Crippen molar-refractivity contribution in [1.29, 1.82) is 0 Å². The van der Waals surface area contributed by atoms with Crippen LogP contribution in [0.1, 0.15) is 18.7 Å². The Kier molecular flexibility index (Phi) is 3.58. The lowest BCUT2D eigenvalue weighted by Crippen LogP contribution is -2.46. The third-order valence-electron chi connectivity index (χ3n) is 3.00. The molecule has 3 N–H and O–H groups in total. The van der Waals surface area contributed by atoms with E-state index in [1.165, 1.54) is 0 Å². The SMILES string of the molecule is Cn1cnc(CNC2CCN(C(N)=O)CC2)n1. The molecule has 7 nitrogen and oxygen atoms in total. The van der Waals surface area contributed by atoms with Crippen molar-refractivity contribution >= 4 is 6.03 Å². The second kappa shape index (κ2) is 5.13. The Morgan fingerprint density at radius 2 is 2.29 bits per heavy atom. The van der Waals surface area contributed by atoms with Crippen molar-refractivity contribution in [3.8, 4) is 0 Å². The number of aromatic nitrogens is 3. The number of carbonyl (C=O) groups is 1. The van der Waals surface area contributed by atoms with Gasteiger partial charge in [0.05, 0.1) is 6.54 Å². The van der Waals surface area contributed by atoms with Crippen molar-refractivity contribution < 1.29 is 4.79 Å². The second-order valence-electron chi connectivity index (χ2n) is 4.31. The molecule has 1 aromatic heterocycles. The average molecular weight is 238 g/mol. The van der Waals surface area contributed by atoms with E-state index < -0.39 is 0 Å². The number of aryl methyl sites for hydroxylation is 1. The van der Waals surface area contributed by atoms with Crippen LogP contribution >= 0.6 is 0 Å². The highest BCUT2D eigenvalue weighted by Crippen LogP contribution is 2.10. The number of nitrogens with two attached hydrogens (primary N) is 1. The number of piperidine rings is 1. The van der Waals surface area contributed by atoms with Gasteiger partial charge in [-0.05, 0) is 12.8 Å². The van der Waals surface area contributed by atoms with Gasteiger partial charge >= 0.3 is 6.03 Å². The van der Waals surface area contributed by atoms with E-state index in [1.807, 2.05) is 7.05 Å². The highest BCUT2D eigenvalue weighted by atomic mass is 16.2. The molecule has 0 atom stereocenters. The summed E-state index contributed by atoms with van der Waals surface area (Å²) in [7, 11) is 1.85. The van der Waals surface area contributed by atoms with Gasteiger partial charge in [0.25, 0.3) is 0 Å². The quantitative estimate of drug-likeness (QED) is 0.739. The van der Waals surface area contributed by atoms with Gasteiger partial charge < -0.3 is 16.0 Å². The molecule has 1 fully saturated rings. The molecule has 0 unspecified atom stereocenters. The van der Waals surface area contributed by atoms with E-state index >= 15 is 0 Å². The number of likely N-dealkylation sites (tertiary alicyclic amines) is 1. The zero-order chi connectivity index (χ0) is 12.3. The molecule has 2 rings (SSSR count). The van der Waals surface area contributed by atoms with Gasteiger partial charge in [-0.1, -0.05) is 0 Å². The van der Waals surface area contributed by atoms with Gasteiger partial charge in [0.1, 0.15) is 6.33 Å². The fourth-order valence-electron chi connectivity index (χ4n) is 2.00. The summed E-state index contributed by atoms with van der Waals surface area (Å²) in [6.07, 6.45) is 3.54. The smallest absolute Gasteiger partial charge is 0.314 e. The first-order valence-electron chi connectivity index (χ1n) is 5.77. The minimum atomic E-state index is -0.324. The van der Waals surface area contributed by atoms with Crippen LogP contribution in [0.4, 0.5) is 4.79 Å². The predicted octanol–water partition coefficient (Wildman–Crippen LogP) is -0.552. The van der Waals surface area contributed by atoms with Gasteiger partial charge in [0.15, 0.2) is 5.82 Å². The van der Waals surface area contributed by atoms with Crippen LogP contribution in [0.3, 0.4) is 0 Å². The number of hydrogen-bond acceptors (Lipinski definition) is 4. The molecule has 0 aliphatic carbocycles. The van der Waals surface area contributed by atoms with Crippen LogP contribution in [-0.2, 0) is 13.6 Å². The molecule has 0 spiro atoms. The molecule has 0 saturated carbocycles. The van der Waals surface area contributed by atoms with Crippen LogP contribution in [0.15, 0.2) is 6.33 Å². The Balaban J connectivity index is 1.73. The maximum Gasteiger partial charge on any atom is 0.314 e. The summed E-state index contributed by atoms with van der Waals surface area (Å²) in [4.78, 5) is 16.8. The van der Waals surface area contributed by atoms with E-state index in [9.17, 15) is 4.79 Å². The summed E-state index contributed by atoms with van der Waals surface area (Å²) in [6, 6.07) is 0.0873. The molecular weight excluding hydrogens is 220 g/mol. The lowest BCUT2D eigenvalue weighted by atomic mass is 10.1. The Labute approximate surface area is 100.0 Å². The molecule has 17 heavy (non-hydrogen) atoms. The Morgan fingerprint density at radius 1 is 1.59 bits per heavy atom. The normalized spacial score (nSPS) is 17.4. The molecule has 0 radical (unpaired) electrons. The fraction of sp³-hybridized carbons (Fsp3) is 0.700. The van der Waals surface area contributed by atoms with Crippen LogP contribution in [0.25, 0.3) is 0 Å². The van der Waals surface area contributed by atoms with Crippen LogP contribution in [-0.4, -0.2) is 44.8 Å². The van der Waals surface area contributed by atoms with E-state index in [4.69, 9.17) is 5.73 Å². The van der Waals surface area contributed by atoms with Crippen molar-refractivity contribution in [1.82, 2.24) is 25.0 Å². The van der Waals surface area contributed by atoms with Crippen LogP contribution in [0.5, 0.6) is 0 Å². The van der Waals surface area contributed by atoms with Crippen molar-refractivity contribution in [3.05, 3.63) is 12.2 Å². The highest BCUT2D eigenvalue weighted by Gasteiger charge is 2.20. The molecule has 2 amide bonds. The van der Waals surface area contributed by atoms with Gasteiger partial charge in [-0.2, -0.15) is 5.10 Å². The van der Waals surface area contributed by atoms with Gasteiger partial charge in [-0.25, -0.2) is 9.78 Å². The van der Waals surface area contributed by atoms with Gasteiger partial charge in [-0.3, -0.25) is 4.68 Å². The number of nitrogens with zero attached hydrogens (tertiary/aromatic N) is 4. The molecule has 0 aromatic carbocycles. The lowest BCUT2D eigenvalue weighted by Gasteiger charge is -2.31. The summed E-state index contributed by atoms with van der Waals surface area (Å²) in [5.74, 6) is 0.796. The number of rotatable bonds is 3. The van der Waals surface area contributed by atoms with Crippen LogP contribution in [0, 0.1) is 0 Å². The van der Waals surface area contributed by atoms with Crippen molar-refractivity contribution in [2.45, 2.75) is 25.4 Å². The van der Waals surface area contributed by atoms with Gasteiger partial charge in [-0.15, -0.1) is 0 Å². The fourth-order valence-corrected chi connectivity index (χ4v) is 2.00. The van der Waals surface area contributed by atoms with E-state index in [0.717, 1.165) is 31.8 Å². The van der Waals surface area contributed by atoms with Crippen LogP contribution < -0.4 is 11.1 Å². The third kappa shape index (κ3) is 3.16. The molecule has 2 heterocycles. The standard InChI is InChI=1S/C10H18N6O/c1-15-7-13-9(14-15)6-12-8-2-4-16(5-3-8)10(11)17/h7-8,12H,2-6H2,1H3,(H2,11,17). The Hall–Kier alpha value is -1.63. The Bertz CT molecular complexity index is 382. The molecule has 1 saturated heterocycles. The summed E-state index contributed by atoms with van der Waals surface area (Å²) in [5.41, 5.74) is 5.22. The Morgan fingerprint density at radius 3 is 2.82 bits per heavy atom. The zero-order valence-electron chi connectivity index (χ0n) is 9.96. The molecule has 1 aliphatic heterocycles. The number of amides is 2. The van der Waals surface area contributed by atoms with E-state index in [-0.39, 0.29) is 6.03 Å². The predicted molar refractivity (Wildman–Crippen MR) is 62.0 cm³/mol. The number of urea groups is 1. The molecule has 7 heteroatoms. The minimum absolute atomic E-state index is 0.324. The van der Waals surface area contributed by atoms with Crippen LogP contribution in [0.2, 0.25) is 0 Å². The first-order valence-corrected chi connectivity index (χ1v) is 5.77. The topological polar surface area (TPSA) is 89.1 Å². The van der Waals surface area contributed by atoms with Crippen molar-refractivity contribution in [2.75, 3.05) is 13.1 Å². The maximum atomic E-state index is 10.9. The molecule has 1 aliphatic rings. The number of primary amides is 1. The maximum absolute atomic E-state index is 10.9. The molecular formula is C10H18N6O. The third-order valence-corrected chi connectivity index (χ3v) is 3.00. The van der Waals surface area contributed by atoms with E-state index in [0.29, 0.717) is 12.6 Å². The summed E-state index contributed by atoms with van der Waals surface area (Å²) in [5, 5.41) is 7.59. The van der Waals surface area contributed by atoms with Gasteiger partial charge in [0, 0.05) is 26.2 Å². The summed E-state index contributed by atoms with van der Waals surface area (Å²) < 4.78 is 1.69. The lowest BCUT2D eigenvalue weighted by molar-refractivity contribution is 0.185. The highest BCUT2D eigenvalue weighted by molar-refractivity contribution is 5.72. The first-order chi connectivity index (χ1) is 8.15. The first kappa shape index (κ1) is 11.8.